The minimum atomic E-state index is -0.0863. The van der Waals surface area contributed by atoms with Gasteiger partial charge in [0.2, 0.25) is 0 Å². The Kier molecular flexibility index (Phi) is 6.01. The van der Waals surface area contributed by atoms with Crippen LogP contribution in [-0.4, -0.2) is 24.5 Å². The van der Waals surface area contributed by atoms with Gasteiger partial charge in [-0.25, -0.2) is 0 Å². The number of amides is 1. The second-order valence-corrected chi connectivity index (χ2v) is 6.30. The van der Waals surface area contributed by atoms with E-state index < -0.39 is 0 Å². The maximum absolute atomic E-state index is 12.7. The molecule has 3 heteroatoms. The standard InChI is InChI=1S/C19H30N2O/c1-4-7-11-15(5-2)17-16(14-20-6-3)19(21-18(17)22)12-9-8-10-13-19/h4,7,11,20H,5-6,8-10,12-14H2,1-3H3,(H,21,22)/b7-4-,15-11+. The molecule has 1 heterocycles. The average Bonchev–Trinajstić information content (AvgIpc) is 2.78. The molecule has 0 aromatic carbocycles. The summed E-state index contributed by atoms with van der Waals surface area (Å²) in [4.78, 5) is 12.7. The highest BCUT2D eigenvalue weighted by Crippen LogP contribution is 2.41. The third-order valence-electron chi connectivity index (χ3n) is 4.91. The van der Waals surface area contributed by atoms with E-state index in [0.29, 0.717) is 0 Å². The summed E-state index contributed by atoms with van der Waals surface area (Å²) in [7, 11) is 0. The minimum absolute atomic E-state index is 0.0863. The van der Waals surface area contributed by atoms with Gasteiger partial charge in [0.1, 0.15) is 0 Å². The van der Waals surface area contributed by atoms with E-state index in [2.05, 4.69) is 30.6 Å². The van der Waals surface area contributed by atoms with Gasteiger partial charge in [0.05, 0.1) is 5.54 Å². The zero-order valence-electron chi connectivity index (χ0n) is 14.3. The zero-order valence-corrected chi connectivity index (χ0v) is 14.3. The van der Waals surface area contributed by atoms with Crippen LogP contribution in [0.1, 0.15) is 59.3 Å². The fraction of sp³-hybridized carbons (Fsp3) is 0.632. The topological polar surface area (TPSA) is 41.1 Å². The van der Waals surface area contributed by atoms with E-state index >= 15 is 0 Å². The second kappa shape index (κ2) is 7.77. The second-order valence-electron chi connectivity index (χ2n) is 6.30. The predicted molar refractivity (Wildman–Crippen MR) is 92.7 cm³/mol. The molecule has 22 heavy (non-hydrogen) atoms. The fourth-order valence-corrected chi connectivity index (χ4v) is 3.75. The first-order valence-corrected chi connectivity index (χ1v) is 8.77. The number of hydrogen-bond acceptors (Lipinski definition) is 2. The van der Waals surface area contributed by atoms with Crippen LogP contribution >= 0.6 is 0 Å². The van der Waals surface area contributed by atoms with Crippen LogP contribution in [0.3, 0.4) is 0 Å². The molecule has 2 N–H and O–H groups in total. The van der Waals surface area contributed by atoms with E-state index in [1.165, 1.54) is 24.8 Å². The lowest BCUT2D eigenvalue weighted by Crippen LogP contribution is -2.47. The SMILES string of the molecule is C/C=C\C=C(/CC)C1=C(CNCC)C2(CCCCC2)NC1=O. The van der Waals surface area contributed by atoms with E-state index in [4.69, 9.17) is 0 Å². The largest absolute Gasteiger partial charge is 0.343 e. The first kappa shape index (κ1) is 17.0. The normalized spacial score (nSPS) is 22.0. The first-order chi connectivity index (χ1) is 10.7. The summed E-state index contributed by atoms with van der Waals surface area (Å²) in [6, 6.07) is 0. The summed E-state index contributed by atoms with van der Waals surface area (Å²) >= 11 is 0. The van der Waals surface area contributed by atoms with Gasteiger partial charge >= 0.3 is 0 Å². The van der Waals surface area contributed by atoms with Crippen LogP contribution in [0.25, 0.3) is 0 Å². The van der Waals surface area contributed by atoms with Gasteiger partial charge in [0.25, 0.3) is 5.91 Å². The number of allylic oxidation sites excluding steroid dienone is 3. The highest BCUT2D eigenvalue weighted by molar-refractivity contribution is 6.03. The molecule has 0 aromatic rings. The average molecular weight is 302 g/mol. The van der Waals surface area contributed by atoms with Crippen molar-refractivity contribution in [2.75, 3.05) is 13.1 Å². The fourth-order valence-electron chi connectivity index (χ4n) is 3.75. The number of carbonyl (C=O) groups is 1. The Morgan fingerprint density at radius 2 is 2.00 bits per heavy atom. The lowest BCUT2D eigenvalue weighted by molar-refractivity contribution is -0.117. The molecule has 1 saturated carbocycles. The van der Waals surface area contributed by atoms with Crippen molar-refractivity contribution in [3.05, 3.63) is 34.9 Å². The molecule has 0 saturated heterocycles. The Hall–Kier alpha value is -1.35. The molecule has 2 aliphatic rings. The number of nitrogens with one attached hydrogen (secondary N) is 2. The smallest absolute Gasteiger partial charge is 0.252 e. The van der Waals surface area contributed by atoms with E-state index in [9.17, 15) is 4.79 Å². The first-order valence-electron chi connectivity index (χ1n) is 8.77. The molecule has 1 aliphatic carbocycles. The van der Waals surface area contributed by atoms with Gasteiger partial charge in [-0.2, -0.15) is 0 Å². The quantitative estimate of drug-likeness (QED) is 0.736. The Bertz CT molecular complexity index is 494. The van der Waals surface area contributed by atoms with Crippen molar-refractivity contribution in [3.63, 3.8) is 0 Å². The Morgan fingerprint density at radius 3 is 2.59 bits per heavy atom. The summed E-state index contributed by atoms with van der Waals surface area (Å²) < 4.78 is 0. The van der Waals surface area contributed by atoms with Crippen LogP contribution in [0.4, 0.5) is 0 Å². The van der Waals surface area contributed by atoms with E-state index in [1.807, 2.05) is 19.1 Å². The molecule has 1 spiro atoms. The summed E-state index contributed by atoms with van der Waals surface area (Å²) in [5.41, 5.74) is 3.32. The van der Waals surface area contributed by atoms with Gasteiger partial charge in [-0.05, 0) is 43.9 Å². The van der Waals surface area contributed by atoms with Crippen LogP contribution in [0.5, 0.6) is 0 Å². The van der Waals surface area contributed by atoms with E-state index in [0.717, 1.165) is 43.5 Å². The highest BCUT2D eigenvalue weighted by Gasteiger charge is 2.45. The maximum atomic E-state index is 12.7. The van der Waals surface area contributed by atoms with Crippen molar-refractivity contribution >= 4 is 5.91 Å². The molecule has 0 aromatic heterocycles. The molecule has 1 amide bonds. The molecule has 3 nitrogen and oxygen atoms in total. The molecular formula is C19H30N2O. The van der Waals surface area contributed by atoms with E-state index in [1.54, 1.807) is 0 Å². The van der Waals surface area contributed by atoms with Crippen LogP contribution in [-0.2, 0) is 4.79 Å². The third-order valence-corrected chi connectivity index (χ3v) is 4.91. The molecule has 0 radical (unpaired) electrons. The molecule has 2 rings (SSSR count). The maximum Gasteiger partial charge on any atom is 0.252 e. The van der Waals surface area contributed by atoms with Crippen LogP contribution < -0.4 is 10.6 Å². The van der Waals surface area contributed by atoms with Crippen molar-refractivity contribution in [1.82, 2.24) is 10.6 Å². The lowest BCUT2D eigenvalue weighted by atomic mass is 9.76. The summed E-state index contributed by atoms with van der Waals surface area (Å²) in [5.74, 6) is 0.132. The van der Waals surface area contributed by atoms with Crippen molar-refractivity contribution in [2.45, 2.75) is 64.8 Å². The van der Waals surface area contributed by atoms with Gasteiger partial charge in [-0.15, -0.1) is 0 Å². The van der Waals surface area contributed by atoms with Crippen LogP contribution in [0.2, 0.25) is 0 Å². The van der Waals surface area contributed by atoms with Crippen molar-refractivity contribution < 1.29 is 4.79 Å². The number of rotatable bonds is 6. The number of hydrogen-bond donors (Lipinski definition) is 2. The third kappa shape index (κ3) is 3.35. The van der Waals surface area contributed by atoms with Gasteiger partial charge in [0.15, 0.2) is 0 Å². The number of carbonyl (C=O) groups excluding carboxylic acids is 1. The number of likely N-dealkylation sites (N-methyl/N-ethyl adjacent to an activating group) is 1. The van der Waals surface area contributed by atoms with Crippen molar-refractivity contribution in [3.8, 4) is 0 Å². The molecule has 0 unspecified atom stereocenters. The molecule has 0 bridgehead atoms. The Labute approximate surface area is 134 Å². The molecule has 1 fully saturated rings. The monoisotopic (exact) mass is 302 g/mol. The highest BCUT2D eigenvalue weighted by atomic mass is 16.2. The minimum Gasteiger partial charge on any atom is -0.343 e. The van der Waals surface area contributed by atoms with Crippen LogP contribution in [0, 0.1) is 0 Å². The predicted octanol–water partition coefficient (Wildman–Crippen LogP) is 3.64. The van der Waals surface area contributed by atoms with E-state index in [-0.39, 0.29) is 11.4 Å². The van der Waals surface area contributed by atoms with Crippen LogP contribution in [0.15, 0.2) is 34.9 Å². The summed E-state index contributed by atoms with van der Waals surface area (Å²) in [6.07, 6.45) is 12.9. The van der Waals surface area contributed by atoms with Crippen molar-refractivity contribution in [1.29, 1.82) is 0 Å². The van der Waals surface area contributed by atoms with Crippen molar-refractivity contribution in [2.24, 2.45) is 0 Å². The molecule has 1 aliphatic heterocycles. The summed E-state index contributed by atoms with van der Waals surface area (Å²) in [6.45, 7) is 8.01. The van der Waals surface area contributed by atoms with Gasteiger partial charge in [-0.3, -0.25) is 4.79 Å². The Morgan fingerprint density at radius 1 is 1.27 bits per heavy atom. The summed E-state index contributed by atoms with van der Waals surface area (Å²) in [5, 5.41) is 6.80. The van der Waals surface area contributed by atoms with Gasteiger partial charge in [-0.1, -0.05) is 51.3 Å². The molecule has 0 atom stereocenters. The van der Waals surface area contributed by atoms with Gasteiger partial charge in [0, 0.05) is 12.1 Å². The zero-order chi connectivity index (χ0) is 16.0. The Balaban J connectivity index is 2.45. The lowest BCUT2D eigenvalue weighted by Gasteiger charge is -2.36. The van der Waals surface area contributed by atoms with Gasteiger partial charge < -0.3 is 10.6 Å². The molecular weight excluding hydrogens is 272 g/mol. The molecule has 122 valence electrons.